The maximum absolute atomic E-state index is 12.9. The summed E-state index contributed by atoms with van der Waals surface area (Å²) in [5, 5.41) is 0. The minimum Gasteiger partial charge on any atom is -0.462 e. The number of hydrogen-bond acceptors (Lipinski definition) is 6. The molecule has 0 fully saturated rings. The lowest BCUT2D eigenvalue weighted by atomic mass is 10.0. The molecule has 1 atom stereocenters. The van der Waals surface area contributed by atoms with Gasteiger partial charge in [-0.15, -0.1) is 0 Å². The van der Waals surface area contributed by atoms with Gasteiger partial charge in [-0.25, -0.2) is 0 Å². The van der Waals surface area contributed by atoms with E-state index in [1.807, 2.05) is 0 Å². The molecule has 6 heteroatoms. The fourth-order valence-electron chi connectivity index (χ4n) is 9.85. The average molecular weight is 1120 g/mol. The lowest BCUT2D eigenvalue weighted by Gasteiger charge is -2.18. The topological polar surface area (TPSA) is 78.9 Å². The van der Waals surface area contributed by atoms with Gasteiger partial charge in [0.1, 0.15) is 13.2 Å². The van der Waals surface area contributed by atoms with E-state index in [9.17, 15) is 14.4 Å². The van der Waals surface area contributed by atoms with Crippen LogP contribution in [-0.4, -0.2) is 37.2 Å². The summed E-state index contributed by atoms with van der Waals surface area (Å²) in [4.78, 5) is 38.4. The van der Waals surface area contributed by atoms with Gasteiger partial charge in [0, 0.05) is 19.3 Å². The molecule has 0 aliphatic carbocycles. The first-order valence-electron chi connectivity index (χ1n) is 34.6. The number of allylic oxidation sites excluding steroid dienone is 14. The van der Waals surface area contributed by atoms with Gasteiger partial charge < -0.3 is 14.2 Å². The molecule has 0 saturated heterocycles. The third-order valence-electron chi connectivity index (χ3n) is 15.1. The van der Waals surface area contributed by atoms with E-state index in [0.29, 0.717) is 19.3 Å². The number of unbranched alkanes of at least 4 members (excludes halogenated alkanes) is 38. The molecule has 0 aromatic heterocycles. The highest BCUT2D eigenvalue weighted by atomic mass is 16.6. The zero-order valence-corrected chi connectivity index (χ0v) is 53.1. The molecule has 462 valence electrons. The van der Waals surface area contributed by atoms with Crippen molar-refractivity contribution in [2.24, 2.45) is 0 Å². The Morgan fingerprint density at radius 1 is 0.250 bits per heavy atom. The summed E-state index contributed by atoms with van der Waals surface area (Å²) in [6.45, 7) is 6.60. The number of ether oxygens (including phenoxy) is 3. The van der Waals surface area contributed by atoms with Crippen LogP contribution in [0.2, 0.25) is 0 Å². The second kappa shape index (κ2) is 68.1. The Labute approximate surface area is 496 Å². The zero-order valence-electron chi connectivity index (χ0n) is 53.1. The van der Waals surface area contributed by atoms with Crippen molar-refractivity contribution >= 4 is 17.9 Å². The lowest BCUT2D eigenvalue weighted by Crippen LogP contribution is -2.30. The van der Waals surface area contributed by atoms with E-state index in [4.69, 9.17) is 14.2 Å². The van der Waals surface area contributed by atoms with Gasteiger partial charge in [-0.05, 0) is 116 Å². The number of carbonyl (C=O) groups excluding carboxylic acids is 3. The Bertz CT molecular complexity index is 1520. The summed E-state index contributed by atoms with van der Waals surface area (Å²) >= 11 is 0. The summed E-state index contributed by atoms with van der Waals surface area (Å²) in [5.74, 6) is -0.890. The number of rotatable bonds is 63. The predicted molar refractivity (Wildman–Crippen MR) is 348 cm³/mol. The summed E-state index contributed by atoms with van der Waals surface area (Å²) < 4.78 is 17.0. The summed E-state index contributed by atoms with van der Waals surface area (Å²) in [6.07, 6.45) is 90.3. The minimum absolute atomic E-state index is 0.0830. The largest absolute Gasteiger partial charge is 0.462 e. The predicted octanol–water partition coefficient (Wildman–Crippen LogP) is 23.8. The Morgan fingerprint density at radius 2 is 0.463 bits per heavy atom. The van der Waals surface area contributed by atoms with E-state index in [2.05, 4.69) is 106 Å². The molecular formula is C74H130O6. The van der Waals surface area contributed by atoms with Crippen molar-refractivity contribution < 1.29 is 28.6 Å². The second-order valence-corrected chi connectivity index (χ2v) is 23.1. The molecule has 0 aromatic rings. The monoisotopic (exact) mass is 1110 g/mol. The lowest BCUT2D eigenvalue weighted by molar-refractivity contribution is -0.167. The van der Waals surface area contributed by atoms with Gasteiger partial charge in [0.05, 0.1) is 0 Å². The summed E-state index contributed by atoms with van der Waals surface area (Å²) in [5.41, 5.74) is 0. The summed E-state index contributed by atoms with van der Waals surface area (Å²) in [7, 11) is 0. The summed E-state index contributed by atoms with van der Waals surface area (Å²) in [6, 6.07) is 0. The third-order valence-corrected chi connectivity index (χ3v) is 15.1. The first-order valence-corrected chi connectivity index (χ1v) is 34.6. The van der Waals surface area contributed by atoms with E-state index in [1.54, 1.807) is 0 Å². The van der Waals surface area contributed by atoms with Crippen LogP contribution >= 0.6 is 0 Å². The maximum Gasteiger partial charge on any atom is 0.306 e. The highest BCUT2D eigenvalue weighted by Gasteiger charge is 2.19. The fraction of sp³-hybridized carbons (Fsp3) is 0.770. The van der Waals surface area contributed by atoms with Crippen molar-refractivity contribution in [2.45, 2.75) is 354 Å². The Kier molecular flexibility index (Phi) is 65.2. The maximum atomic E-state index is 12.9. The smallest absolute Gasteiger partial charge is 0.306 e. The van der Waals surface area contributed by atoms with Crippen LogP contribution in [0.15, 0.2) is 85.1 Å². The van der Waals surface area contributed by atoms with Crippen molar-refractivity contribution in [2.75, 3.05) is 13.2 Å². The van der Waals surface area contributed by atoms with Crippen molar-refractivity contribution in [3.63, 3.8) is 0 Å². The fourth-order valence-corrected chi connectivity index (χ4v) is 9.85. The molecule has 0 aliphatic heterocycles. The first-order chi connectivity index (χ1) is 39.5. The van der Waals surface area contributed by atoms with Gasteiger partial charge in [0.25, 0.3) is 0 Å². The number of hydrogen-bond donors (Lipinski definition) is 0. The van der Waals surface area contributed by atoms with E-state index < -0.39 is 6.10 Å². The van der Waals surface area contributed by atoms with Gasteiger partial charge in [0.15, 0.2) is 6.10 Å². The van der Waals surface area contributed by atoms with Crippen LogP contribution in [-0.2, 0) is 28.6 Å². The van der Waals surface area contributed by atoms with Crippen LogP contribution in [0.1, 0.15) is 348 Å². The molecule has 80 heavy (non-hydrogen) atoms. The molecule has 0 aromatic carbocycles. The van der Waals surface area contributed by atoms with Crippen molar-refractivity contribution in [3.05, 3.63) is 85.1 Å². The van der Waals surface area contributed by atoms with Crippen LogP contribution in [0.3, 0.4) is 0 Å². The molecule has 0 radical (unpaired) electrons. The number of carbonyl (C=O) groups is 3. The Morgan fingerprint density at radius 3 is 0.738 bits per heavy atom. The van der Waals surface area contributed by atoms with E-state index in [1.165, 1.54) is 205 Å². The van der Waals surface area contributed by atoms with Gasteiger partial charge in [-0.1, -0.05) is 298 Å². The van der Waals surface area contributed by atoms with Crippen LogP contribution < -0.4 is 0 Å². The van der Waals surface area contributed by atoms with Crippen molar-refractivity contribution in [3.8, 4) is 0 Å². The van der Waals surface area contributed by atoms with Gasteiger partial charge in [0.2, 0.25) is 0 Å². The molecule has 0 bridgehead atoms. The highest BCUT2D eigenvalue weighted by Crippen LogP contribution is 2.17. The van der Waals surface area contributed by atoms with Crippen LogP contribution in [0.4, 0.5) is 0 Å². The van der Waals surface area contributed by atoms with Crippen molar-refractivity contribution in [1.29, 1.82) is 0 Å². The molecule has 0 spiro atoms. The standard InChI is InChI=1S/C74H130O6/c1-4-7-10-13-16-19-22-25-28-30-32-34-36-37-39-40-42-44-46-49-52-55-58-61-64-67-73(76)79-70-71(69-78-72(75)66-63-60-57-54-51-48-27-24-21-18-15-12-9-6-3)80-74(77)68-65-62-59-56-53-50-47-45-43-41-38-35-33-31-29-26-23-20-17-14-11-8-5-2/h15,18,22-27,30-33,38,41,71H,4-14,16-17,19-21,28-29,34-37,39-40,42-70H2,1-3H3/b18-15-,25-22-,26-23-,27-24-,32-30-,33-31-,41-38-. The normalized spacial score (nSPS) is 12.6. The molecule has 6 nitrogen and oxygen atoms in total. The molecule has 0 rings (SSSR count). The quantitative estimate of drug-likeness (QED) is 0.0261. The zero-order chi connectivity index (χ0) is 57.8. The molecule has 0 heterocycles. The molecule has 0 aliphatic rings. The highest BCUT2D eigenvalue weighted by molar-refractivity contribution is 5.71. The van der Waals surface area contributed by atoms with Crippen LogP contribution in [0.25, 0.3) is 0 Å². The molecule has 0 saturated carbocycles. The SMILES string of the molecule is CCCC/C=C\C/C=C\CCCCCCCC(=O)OCC(COC(=O)CCCCCCCCCCCCCCC/C=C\C/C=C\CCCCCCC)OC(=O)CCCCCCCCCC/C=C\C/C=C\C/C=C\CCCCCCC. The molecule has 0 amide bonds. The average Bonchev–Trinajstić information content (AvgIpc) is 3.46. The number of esters is 3. The third kappa shape index (κ3) is 65.4. The molecular weight excluding hydrogens is 985 g/mol. The Balaban J connectivity index is 4.33. The van der Waals surface area contributed by atoms with Gasteiger partial charge >= 0.3 is 17.9 Å². The molecule has 0 N–H and O–H groups in total. The van der Waals surface area contributed by atoms with E-state index in [0.717, 1.165) is 103 Å². The van der Waals surface area contributed by atoms with Crippen LogP contribution in [0.5, 0.6) is 0 Å². The van der Waals surface area contributed by atoms with Crippen LogP contribution in [0, 0.1) is 0 Å². The first kappa shape index (κ1) is 76.6. The minimum atomic E-state index is -0.789. The molecule has 1 unspecified atom stereocenters. The second-order valence-electron chi connectivity index (χ2n) is 23.1. The van der Waals surface area contributed by atoms with E-state index in [-0.39, 0.29) is 31.1 Å². The van der Waals surface area contributed by atoms with Crippen molar-refractivity contribution in [1.82, 2.24) is 0 Å². The van der Waals surface area contributed by atoms with Gasteiger partial charge in [-0.3, -0.25) is 14.4 Å². The van der Waals surface area contributed by atoms with Gasteiger partial charge in [-0.2, -0.15) is 0 Å². The Hall–Kier alpha value is -3.41. The van der Waals surface area contributed by atoms with E-state index >= 15 is 0 Å².